The molecule has 0 unspecified atom stereocenters. The minimum absolute atomic E-state index is 0.615. The smallest absolute Gasteiger partial charge is 0.222 e. The average Bonchev–Trinajstić information content (AvgIpc) is 2.30. The molecule has 0 fully saturated rings. The predicted octanol–water partition coefficient (Wildman–Crippen LogP) is 2.55. The molecule has 0 radical (unpaired) electrons. The highest BCUT2D eigenvalue weighted by Gasteiger charge is 1.96. The number of hydrogen-bond acceptors (Lipinski definition) is 4. The van der Waals surface area contributed by atoms with Gasteiger partial charge in [-0.15, -0.1) is 0 Å². The first-order chi connectivity index (χ1) is 7.74. The number of aryl methyl sites for hydroxylation is 1. The Labute approximate surface area is 102 Å². The highest BCUT2D eigenvalue weighted by Crippen LogP contribution is 2.08. The summed E-state index contributed by atoms with van der Waals surface area (Å²) in [5.41, 5.74) is 2.13. The van der Waals surface area contributed by atoms with Crippen LogP contribution in [0.25, 0.3) is 0 Å². The Hall–Kier alpha value is -1.49. The SMILES string of the molecule is Cc1ccc(CNc2ncc(Br)cn2)cn1. The monoisotopic (exact) mass is 278 g/mol. The van der Waals surface area contributed by atoms with Gasteiger partial charge in [-0.05, 0) is 34.5 Å². The quantitative estimate of drug-likeness (QED) is 0.938. The molecular formula is C11H11BrN4. The van der Waals surface area contributed by atoms with Gasteiger partial charge < -0.3 is 5.32 Å². The van der Waals surface area contributed by atoms with Gasteiger partial charge in [0, 0.05) is 30.8 Å². The molecule has 0 aliphatic carbocycles. The second-order valence-corrected chi connectivity index (χ2v) is 4.30. The van der Waals surface area contributed by atoms with Crippen LogP contribution in [0.1, 0.15) is 11.3 Å². The standard InChI is InChI=1S/C11H11BrN4/c1-8-2-3-9(4-13-8)5-14-11-15-6-10(12)7-16-11/h2-4,6-7H,5H2,1H3,(H,14,15,16). The van der Waals surface area contributed by atoms with Gasteiger partial charge in [0.2, 0.25) is 5.95 Å². The van der Waals surface area contributed by atoms with Gasteiger partial charge in [0.25, 0.3) is 0 Å². The van der Waals surface area contributed by atoms with E-state index in [0.717, 1.165) is 15.7 Å². The number of anilines is 1. The molecule has 4 nitrogen and oxygen atoms in total. The van der Waals surface area contributed by atoms with Crippen molar-refractivity contribution in [2.45, 2.75) is 13.5 Å². The van der Waals surface area contributed by atoms with Crippen LogP contribution in [0, 0.1) is 6.92 Å². The van der Waals surface area contributed by atoms with E-state index in [-0.39, 0.29) is 0 Å². The molecule has 2 heterocycles. The normalized spacial score (nSPS) is 10.1. The van der Waals surface area contributed by atoms with Crippen molar-refractivity contribution in [1.29, 1.82) is 0 Å². The van der Waals surface area contributed by atoms with Crippen LogP contribution in [0.3, 0.4) is 0 Å². The molecule has 0 saturated carbocycles. The number of hydrogen-bond donors (Lipinski definition) is 1. The number of pyridine rings is 1. The third kappa shape index (κ3) is 3.00. The molecule has 0 aliphatic rings. The van der Waals surface area contributed by atoms with Crippen molar-refractivity contribution in [2.24, 2.45) is 0 Å². The molecule has 0 amide bonds. The summed E-state index contributed by atoms with van der Waals surface area (Å²) in [4.78, 5) is 12.5. The second kappa shape index (κ2) is 5.03. The molecular weight excluding hydrogens is 268 g/mol. The summed E-state index contributed by atoms with van der Waals surface area (Å²) in [6, 6.07) is 4.02. The third-order valence-electron chi connectivity index (χ3n) is 2.04. The van der Waals surface area contributed by atoms with E-state index in [0.29, 0.717) is 12.5 Å². The van der Waals surface area contributed by atoms with Crippen molar-refractivity contribution >= 4 is 21.9 Å². The summed E-state index contributed by atoms with van der Waals surface area (Å²) >= 11 is 3.29. The van der Waals surface area contributed by atoms with E-state index >= 15 is 0 Å². The maximum atomic E-state index is 4.22. The fourth-order valence-corrected chi connectivity index (χ4v) is 1.39. The molecule has 5 heteroatoms. The van der Waals surface area contributed by atoms with Crippen LogP contribution in [-0.2, 0) is 6.54 Å². The van der Waals surface area contributed by atoms with Crippen LogP contribution < -0.4 is 5.32 Å². The van der Waals surface area contributed by atoms with Crippen molar-refractivity contribution in [3.05, 3.63) is 46.5 Å². The largest absolute Gasteiger partial charge is 0.350 e. The topological polar surface area (TPSA) is 50.7 Å². The molecule has 1 N–H and O–H groups in total. The molecule has 0 bridgehead atoms. The summed E-state index contributed by atoms with van der Waals surface area (Å²) in [6.45, 7) is 2.64. The van der Waals surface area contributed by atoms with Gasteiger partial charge in [-0.3, -0.25) is 4.98 Å². The molecule has 16 heavy (non-hydrogen) atoms. The number of nitrogens with zero attached hydrogens (tertiary/aromatic N) is 3. The first-order valence-corrected chi connectivity index (χ1v) is 5.66. The Kier molecular flexibility index (Phi) is 3.46. The first-order valence-electron chi connectivity index (χ1n) is 4.87. The van der Waals surface area contributed by atoms with Gasteiger partial charge in [0.15, 0.2) is 0 Å². The summed E-state index contributed by atoms with van der Waals surface area (Å²) < 4.78 is 0.870. The van der Waals surface area contributed by atoms with Gasteiger partial charge >= 0.3 is 0 Å². The third-order valence-corrected chi connectivity index (χ3v) is 2.45. The lowest BCUT2D eigenvalue weighted by atomic mass is 10.2. The van der Waals surface area contributed by atoms with Crippen LogP contribution in [0.4, 0.5) is 5.95 Å². The van der Waals surface area contributed by atoms with Crippen LogP contribution in [0.5, 0.6) is 0 Å². The Morgan fingerprint density at radius 1 is 1.12 bits per heavy atom. The van der Waals surface area contributed by atoms with E-state index in [1.165, 1.54) is 0 Å². The van der Waals surface area contributed by atoms with Crippen molar-refractivity contribution in [2.75, 3.05) is 5.32 Å². The van der Waals surface area contributed by atoms with E-state index < -0.39 is 0 Å². The second-order valence-electron chi connectivity index (χ2n) is 3.39. The molecule has 0 aliphatic heterocycles. The van der Waals surface area contributed by atoms with Crippen LogP contribution >= 0.6 is 15.9 Å². The van der Waals surface area contributed by atoms with Crippen LogP contribution in [0.2, 0.25) is 0 Å². The van der Waals surface area contributed by atoms with Crippen molar-refractivity contribution < 1.29 is 0 Å². The molecule has 2 aromatic heterocycles. The van der Waals surface area contributed by atoms with Crippen molar-refractivity contribution in [1.82, 2.24) is 15.0 Å². The minimum atomic E-state index is 0.615. The lowest BCUT2D eigenvalue weighted by Gasteiger charge is -2.04. The van der Waals surface area contributed by atoms with Crippen molar-refractivity contribution in [3.63, 3.8) is 0 Å². The molecule has 82 valence electrons. The fourth-order valence-electron chi connectivity index (χ4n) is 1.19. The number of rotatable bonds is 3. The van der Waals surface area contributed by atoms with Gasteiger partial charge in [-0.25, -0.2) is 9.97 Å². The van der Waals surface area contributed by atoms with Gasteiger partial charge in [-0.2, -0.15) is 0 Å². The minimum Gasteiger partial charge on any atom is -0.350 e. The van der Waals surface area contributed by atoms with Crippen LogP contribution in [-0.4, -0.2) is 15.0 Å². The zero-order chi connectivity index (χ0) is 11.4. The van der Waals surface area contributed by atoms with Gasteiger partial charge in [0.1, 0.15) is 0 Å². The molecule has 0 atom stereocenters. The highest BCUT2D eigenvalue weighted by atomic mass is 79.9. The predicted molar refractivity (Wildman–Crippen MR) is 66.0 cm³/mol. The lowest BCUT2D eigenvalue weighted by molar-refractivity contribution is 1.03. The van der Waals surface area contributed by atoms with Crippen LogP contribution in [0.15, 0.2) is 35.2 Å². The Morgan fingerprint density at radius 3 is 2.50 bits per heavy atom. The summed E-state index contributed by atoms with van der Waals surface area (Å²) in [5.74, 6) is 0.615. The summed E-state index contributed by atoms with van der Waals surface area (Å²) in [7, 11) is 0. The maximum Gasteiger partial charge on any atom is 0.222 e. The maximum absolute atomic E-state index is 4.22. The van der Waals surface area contributed by atoms with E-state index in [2.05, 4.69) is 36.2 Å². The molecule has 2 aromatic rings. The molecule has 0 aromatic carbocycles. The highest BCUT2D eigenvalue weighted by molar-refractivity contribution is 9.10. The van der Waals surface area contributed by atoms with E-state index in [9.17, 15) is 0 Å². The Bertz CT molecular complexity index is 407. The van der Waals surface area contributed by atoms with Gasteiger partial charge in [0.05, 0.1) is 4.47 Å². The zero-order valence-electron chi connectivity index (χ0n) is 8.81. The van der Waals surface area contributed by atoms with Gasteiger partial charge in [-0.1, -0.05) is 6.07 Å². The van der Waals surface area contributed by atoms with E-state index in [4.69, 9.17) is 0 Å². The van der Waals surface area contributed by atoms with Crippen molar-refractivity contribution in [3.8, 4) is 0 Å². The van der Waals surface area contributed by atoms with E-state index in [1.807, 2.05) is 25.3 Å². The molecule has 0 spiro atoms. The van der Waals surface area contributed by atoms with E-state index in [1.54, 1.807) is 12.4 Å². The lowest BCUT2D eigenvalue weighted by Crippen LogP contribution is -2.03. The molecule has 2 rings (SSSR count). The summed E-state index contributed by atoms with van der Waals surface area (Å²) in [6.07, 6.45) is 5.27. The fraction of sp³-hybridized carbons (Fsp3) is 0.182. The Morgan fingerprint density at radius 2 is 1.88 bits per heavy atom. The number of aromatic nitrogens is 3. The summed E-state index contributed by atoms with van der Waals surface area (Å²) in [5, 5.41) is 3.12. The average molecular weight is 279 g/mol. The number of halogens is 1. The zero-order valence-corrected chi connectivity index (χ0v) is 10.4. The Balaban J connectivity index is 1.97. The number of nitrogens with one attached hydrogen (secondary N) is 1. The molecule has 0 saturated heterocycles. The first kappa shape index (κ1) is 11.0.